The average molecular weight is 415 g/mol. The van der Waals surface area contributed by atoms with Crippen molar-refractivity contribution >= 4 is 38.9 Å². The van der Waals surface area contributed by atoms with E-state index in [9.17, 15) is 13.2 Å². The predicted molar refractivity (Wildman–Crippen MR) is 113 cm³/mol. The highest BCUT2D eigenvalue weighted by molar-refractivity contribution is 7.92. The average Bonchev–Trinajstić information content (AvgIpc) is 2.61. The van der Waals surface area contributed by atoms with Crippen molar-refractivity contribution in [2.24, 2.45) is 0 Å². The Balaban J connectivity index is 1.89. The number of hydrogen-bond acceptors (Lipinski definition) is 3. The van der Waals surface area contributed by atoms with Crippen LogP contribution >= 0.6 is 11.6 Å². The van der Waals surface area contributed by atoms with Gasteiger partial charge in [0.1, 0.15) is 0 Å². The largest absolute Gasteiger partial charge is 0.322 e. The molecule has 28 heavy (non-hydrogen) atoms. The number of halogens is 1. The lowest BCUT2D eigenvalue weighted by Crippen LogP contribution is -2.17. The molecule has 5 nitrogen and oxygen atoms in total. The minimum Gasteiger partial charge on any atom is -0.322 e. The van der Waals surface area contributed by atoms with Crippen LogP contribution in [0.2, 0.25) is 5.02 Å². The van der Waals surface area contributed by atoms with Crippen molar-refractivity contribution in [2.45, 2.75) is 18.7 Å². The molecular formula is C21H19ClN2O3S. The number of nitrogens with one attached hydrogen (secondary N) is 2. The van der Waals surface area contributed by atoms with E-state index >= 15 is 0 Å². The summed E-state index contributed by atoms with van der Waals surface area (Å²) in [5, 5.41) is 3.21. The molecule has 2 N–H and O–H groups in total. The fourth-order valence-electron chi connectivity index (χ4n) is 2.72. The molecular weight excluding hydrogens is 396 g/mol. The van der Waals surface area contributed by atoms with Gasteiger partial charge in [0.25, 0.3) is 15.9 Å². The van der Waals surface area contributed by atoms with E-state index in [4.69, 9.17) is 11.6 Å². The quantitative estimate of drug-likeness (QED) is 0.616. The molecule has 3 aromatic carbocycles. The van der Waals surface area contributed by atoms with Crippen molar-refractivity contribution in [2.75, 3.05) is 10.0 Å². The summed E-state index contributed by atoms with van der Waals surface area (Å²) in [6.45, 7) is 3.56. The first-order valence-electron chi connectivity index (χ1n) is 8.52. The second kappa shape index (κ2) is 8.04. The lowest BCUT2D eigenvalue weighted by molar-refractivity contribution is 0.102. The SMILES string of the molecule is Cc1cccc(NS(=O)(=O)c2cc(C(=O)Nc3cccc(Cl)c3)ccc2C)c1. The van der Waals surface area contributed by atoms with Crippen molar-refractivity contribution in [3.05, 3.63) is 88.4 Å². The number of carbonyl (C=O) groups is 1. The van der Waals surface area contributed by atoms with Crippen molar-refractivity contribution < 1.29 is 13.2 Å². The first kappa shape index (κ1) is 19.9. The van der Waals surface area contributed by atoms with Crippen LogP contribution in [-0.4, -0.2) is 14.3 Å². The van der Waals surface area contributed by atoms with Crippen molar-refractivity contribution in [3.63, 3.8) is 0 Å². The first-order valence-corrected chi connectivity index (χ1v) is 10.4. The Morgan fingerprint density at radius 1 is 0.893 bits per heavy atom. The Hall–Kier alpha value is -2.83. The van der Waals surface area contributed by atoms with Gasteiger partial charge in [-0.25, -0.2) is 8.42 Å². The summed E-state index contributed by atoms with van der Waals surface area (Å²) < 4.78 is 28.3. The van der Waals surface area contributed by atoms with Gasteiger partial charge in [-0.05, 0) is 67.4 Å². The predicted octanol–water partition coefficient (Wildman–Crippen LogP) is 5.01. The molecule has 7 heteroatoms. The fourth-order valence-corrected chi connectivity index (χ4v) is 4.23. The Labute approximate surface area is 169 Å². The van der Waals surface area contributed by atoms with Gasteiger partial charge in [0.05, 0.1) is 4.90 Å². The fraction of sp³-hybridized carbons (Fsp3) is 0.0952. The van der Waals surface area contributed by atoms with Crippen molar-refractivity contribution in [1.29, 1.82) is 0 Å². The maximum atomic E-state index is 12.9. The van der Waals surface area contributed by atoms with E-state index in [1.54, 1.807) is 61.5 Å². The molecule has 0 aliphatic heterocycles. The lowest BCUT2D eigenvalue weighted by atomic mass is 10.1. The van der Waals surface area contributed by atoms with Gasteiger partial charge in [0, 0.05) is 22.0 Å². The molecule has 0 heterocycles. The van der Waals surface area contributed by atoms with E-state index < -0.39 is 15.9 Å². The van der Waals surface area contributed by atoms with E-state index in [-0.39, 0.29) is 10.5 Å². The number of carbonyl (C=O) groups excluding carboxylic acids is 1. The van der Waals surface area contributed by atoms with Gasteiger partial charge in [0.2, 0.25) is 0 Å². The summed E-state index contributed by atoms with van der Waals surface area (Å²) in [5.41, 5.74) is 2.70. The van der Waals surface area contributed by atoms with Crippen LogP contribution < -0.4 is 10.0 Å². The van der Waals surface area contributed by atoms with Crippen LogP contribution in [0.1, 0.15) is 21.5 Å². The summed E-state index contributed by atoms with van der Waals surface area (Å²) in [6.07, 6.45) is 0. The molecule has 3 aromatic rings. The highest BCUT2D eigenvalue weighted by atomic mass is 35.5. The molecule has 0 unspecified atom stereocenters. The number of hydrogen-bond donors (Lipinski definition) is 2. The zero-order valence-electron chi connectivity index (χ0n) is 15.4. The molecule has 0 fully saturated rings. The standard InChI is InChI=1S/C21H19ClN2O3S/c1-14-5-3-8-19(11-14)24-28(26,27)20-12-16(10-9-15(20)2)21(25)23-18-7-4-6-17(22)13-18/h3-13,24H,1-2H3,(H,23,25). The Bertz CT molecular complexity index is 1140. The van der Waals surface area contributed by atoms with Gasteiger partial charge in [0.15, 0.2) is 0 Å². The maximum Gasteiger partial charge on any atom is 0.262 e. The maximum absolute atomic E-state index is 12.9. The number of aryl methyl sites for hydroxylation is 2. The lowest BCUT2D eigenvalue weighted by Gasteiger charge is -2.13. The molecule has 0 aromatic heterocycles. The molecule has 0 aliphatic rings. The first-order chi connectivity index (χ1) is 13.2. The number of amides is 1. The summed E-state index contributed by atoms with van der Waals surface area (Å²) in [6, 6.07) is 18.4. The van der Waals surface area contributed by atoms with E-state index in [0.717, 1.165) is 5.56 Å². The zero-order valence-corrected chi connectivity index (χ0v) is 16.9. The van der Waals surface area contributed by atoms with Gasteiger partial charge in [-0.3, -0.25) is 9.52 Å². The minimum absolute atomic E-state index is 0.0488. The Morgan fingerprint density at radius 2 is 1.61 bits per heavy atom. The molecule has 144 valence electrons. The summed E-state index contributed by atoms with van der Waals surface area (Å²) >= 11 is 5.93. The highest BCUT2D eigenvalue weighted by Crippen LogP contribution is 2.22. The Kier molecular flexibility index (Phi) is 5.72. The van der Waals surface area contributed by atoms with Gasteiger partial charge in [-0.1, -0.05) is 35.9 Å². The summed E-state index contributed by atoms with van der Waals surface area (Å²) in [7, 11) is -3.85. The van der Waals surface area contributed by atoms with Gasteiger partial charge >= 0.3 is 0 Å². The van der Waals surface area contributed by atoms with Crippen LogP contribution in [0.5, 0.6) is 0 Å². The minimum atomic E-state index is -3.85. The van der Waals surface area contributed by atoms with E-state index in [1.807, 2.05) is 13.0 Å². The van der Waals surface area contributed by atoms with E-state index in [0.29, 0.717) is 22.0 Å². The molecule has 0 bridgehead atoms. The van der Waals surface area contributed by atoms with Crippen LogP contribution in [0.15, 0.2) is 71.6 Å². The molecule has 3 rings (SSSR count). The molecule has 0 spiro atoms. The normalized spacial score (nSPS) is 11.1. The zero-order chi connectivity index (χ0) is 20.3. The molecule has 1 amide bonds. The molecule has 0 radical (unpaired) electrons. The van der Waals surface area contributed by atoms with Crippen LogP contribution in [0, 0.1) is 13.8 Å². The second-order valence-corrected chi connectivity index (χ2v) is 8.51. The van der Waals surface area contributed by atoms with Crippen LogP contribution in [0.3, 0.4) is 0 Å². The van der Waals surface area contributed by atoms with Crippen LogP contribution in [0.4, 0.5) is 11.4 Å². The number of sulfonamides is 1. The third kappa shape index (κ3) is 4.71. The van der Waals surface area contributed by atoms with Gasteiger partial charge in [-0.2, -0.15) is 0 Å². The van der Waals surface area contributed by atoms with Gasteiger partial charge < -0.3 is 5.32 Å². The molecule has 0 atom stereocenters. The van der Waals surface area contributed by atoms with E-state index in [1.165, 1.54) is 6.07 Å². The third-order valence-electron chi connectivity index (χ3n) is 4.09. The number of benzene rings is 3. The van der Waals surface area contributed by atoms with Crippen LogP contribution in [-0.2, 0) is 10.0 Å². The number of rotatable bonds is 5. The summed E-state index contributed by atoms with van der Waals surface area (Å²) in [4.78, 5) is 12.6. The monoisotopic (exact) mass is 414 g/mol. The smallest absolute Gasteiger partial charge is 0.262 e. The van der Waals surface area contributed by atoms with Gasteiger partial charge in [-0.15, -0.1) is 0 Å². The van der Waals surface area contributed by atoms with Crippen LogP contribution in [0.25, 0.3) is 0 Å². The van der Waals surface area contributed by atoms with Crippen molar-refractivity contribution in [1.82, 2.24) is 0 Å². The topological polar surface area (TPSA) is 75.3 Å². The third-order valence-corrected chi connectivity index (χ3v) is 5.85. The molecule has 0 saturated heterocycles. The van der Waals surface area contributed by atoms with E-state index in [2.05, 4.69) is 10.0 Å². The Morgan fingerprint density at radius 3 is 2.32 bits per heavy atom. The number of anilines is 2. The summed E-state index contributed by atoms with van der Waals surface area (Å²) in [5.74, 6) is -0.422. The highest BCUT2D eigenvalue weighted by Gasteiger charge is 2.19. The second-order valence-electron chi connectivity index (χ2n) is 6.42. The molecule has 0 saturated carbocycles. The van der Waals surface area contributed by atoms with Crippen molar-refractivity contribution in [3.8, 4) is 0 Å². The molecule has 0 aliphatic carbocycles.